The molecule has 0 fully saturated rings. The Morgan fingerprint density at radius 1 is 1.16 bits per heavy atom. The summed E-state index contributed by atoms with van der Waals surface area (Å²) in [4.78, 5) is 8.16. The highest BCUT2D eigenvalue weighted by atomic mass is 35.5. The molecule has 10 heteroatoms. The molecule has 0 aliphatic heterocycles. The molecule has 2 aromatic heterocycles. The predicted molar refractivity (Wildman–Crippen MR) is 87.2 cm³/mol. The van der Waals surface area contributed by atoms with Crippen LogP contribution in [0.5, 0.6) is 0 Å². The Hall–Kier alpha value is -2.81. The zero-order valence-corrected chi connectivity index (χ0v) is 13.7. The first-order valence-electron chi connectivity index (χ1n) is 7.08. The van der Waals surface area contributed by atoms with Crippen molar-refractivity contribution in [3.63, 3.8) is 0 Å². The van der Waals surface area contributed by atoms with Gasteiger partial charge in [0.15, 0.2) is 5.82 Å². The van der Waals surface area contributed by atoms with Crippen molar-refractivity contribution in [2.45, 2.75) is 6.54 Å². The van der Waals surface area contributed by atoms with E-state index in [9.17, 15) is 13.2 Å². The molecule has 1 aromatic carbocycles. The summed E-state index contributed by atoms with van der Waals surface area (Å²) in [5.74, 6) is -2.58. The summed E-state index contributed by atoms with van der Waals surface area (Å²) in [6.45, 7) is -0.263. The van der Waals surface area contributed by atoms with E-state index < -0.39 is 17.5 Å². The highest BCUT2D eigenvalue weighted by Gasteiger charge is 2.13. The minimum absolute atomic E-state index is 0.166. The fraction of sp³-hybridized carbons (Fsp3) is 0.133. The molecule has 0 radical (unpaired) electrons. The van der Waals surface area contributed by atoms with Crippen LogP contribution in [0.15, 0.2) is 30.7 Å². The van der Waals surface area contributed by atoms with Gasteiger partial charge in [-0.25, -0.2) is 18.2 Å². The number of hydrogen-bond acceptors (Lipinski definition) is 5. The highest BCUT2D eigenvalue weighted by molar-refractivity contribution is 6.32. The summed E-state index contributed by atoms with van der Waals surface area (Å²) in [6, 6.07) is 1.22. The van der Waals surface area contributed by atoms with Crippen molar-refractivity contribution < 1.29 is 13.2 Å². The summed E-state index contributed by atoms with van der Waals surface area (Å²) in [5.41, 5.74) is 0.337. The van der Waals surface area contributed by atoms with Gasteiger partial charge in [0.2, 0.25) is 5.95 Å². The molecule has 0 bridgehead atoms. The lowest BCUT2D eigenvalue weighted by molar-refractivity contribution is 0.526. The number of nitrogens with one attached hydrogen (secondary N) is 2. The van der Waals surface area contributed by atoms with E-state index in [1.165, 1.54) is 6.20 Å². The minimum atomic E-state index is -0.996. The third-order valence-electron chi connectivity index (χ3n) is 3.24. The Morgan fingerprint density at radius 3 is 2.52 bits per heavy atom. The molecule has 0 spiro atoms. The van der Waals surface area contributed by atoms with Gasteiger partial charge in [-0.15, -0.1) is 0 Å². The number of aromatic nitrogens is 4. The predicted octanol–water partition coefficient (Wildman–Crippen LogP) is 3.64. The maximum absolute atomic E-state index is 13.7. The molecule has 6 nitrogen and oxygen atoms in total. The van der Waals surface area contributed by atoms with Gasteiger partial charge in [0.05, 0.1) is 18.1 Å². The maximum Gasteiger partial charge on any atom is 0.229 e. The van der Waals surface area contributed by atoms with E-state index in [0.717, 1.165) is 0 Å². The molecule has 0 atom stereocenters. The van der Waals surface area contributed by atoms with Crippen LogP contribution in [0, 0.1) is 17.5 Å². The van der Waals surface area contributed by atoms with Crippen molar-refractivity contribution in [2.75, 3.05) is 10.6 Å². The fourth-order valence-corrected chi connectivity index (χ4v) is 2.24. The molecule has 0 amide bonds. The lowest BCUT2D eigenvalue weighted by Gasteiger charge is -2.10. The van der Waals surface area contributed by atoms with Gasteiger partial charge in [0, 0.05) is 37.5 Å². The van der Waals surface area contributed by atoms with Gasteiger partial charge in [0.1, 0.15) is 22.5 Å². The summed E-state index contributed by atoms with van der Waals surface area (Å²) < 4.78 is 41.9. The normalized spacial score (nSPS) is 10.8. The third-order valence-corrected chi connectivity index (χ3v) is 3.52. The molecule has 2 heterocycles. The first kappa shape index (κ1) is 17.0. The van der Waals surface area contributed by atoms with Crippen LogP contribution in [-0.2, 0) is 13.6 Å². The van der Waals surface area contributed by atoms with E-state index in [4.69, 9.17) is 11.6 Å². The second-order valence-corrected chi connectivity index (χ2v) is 5.53. The van der Waals surface area contributed by atoms with Crippen LogP contribution in [-0.4, -0.2) is 19.7 Å². The van der Waals surface area contributed by atoms with E-state index in [2.05, 4.69) is 25.7 Å². The van der Waals surface area contributed by atoms with Crippen molar-refractivity contribution in [3.05, 3.63) is 58.8 Å². The van der Waals surface area contributed by atoms with E-state index in [1.807, 2.05) is 0 Å². The Bertz CT molecular complexity index is 891. The molecular formula is C15H12ClF3N6. The number of aryl methyl sites for hydroxylation is 1. The molecule has 0 aliphatic rings. The van der Waals surface area contributed by atoms with Crippen molar-refractivity contribution >= 4 is 29.1 Å². The fourth-order valence-electron chi connectivity index (χ4n) is 2.08. The van der Waals surface area contributed by atoms with Crippen molar-refractivity contribution in [1.82, 2.24) is 19.7 Å². The molecule has 3 rings (SSSR count). The lowest BCUT2D eigenvalue weighted by Crippen LogP contribution is -2.08. The van der Waals surface area contributed by atoms with Gasteiger partial charge < -0.3 is 10.6 Å². The standard InChI is InChI=1S/C15H12ClF3N6/c1-25-7-9(4-22-25)23-15-21-6-11(16)14(24-15)20-5-10-12(18)2-8(17)3-13(10)19/h2-4,6-7H,5H2,1H3,(H2,20,21,23,24). The van der Waals surface area contributed by atoms with Gasteiger partial charge in [-0.3, -0.25) is 4.68 Å². The molecule has 2 N–H and O–H groups in total. The van der Waals surface area contributed by atoms with Crippen molar-refractivity contribution in [2.24, 2.45) is 7.05 Å². The minimum Gasteiger partial charge on any atom is -0.364 e. The second kappa shape index (κ2) is 6.98. The highest BCUT2D eigenvalue weighted by Crippen LogP contribution is 2.23. The van der Waals surface area contributed by atoms with Crippen LogP contribution in [0.2, 0.25) is 5.02 Å². The Labute approximate surface area is 145 Å². The Balaban J connectivity index is 1.77. The largest absolute Gasteiger partial charge is 0.364 e. The van der Waals surface area contributed by atoms with Gasteiger partial charge in [-0.05, 0) is 0 Å². The topological polar surface area (TPSA) is 67.7 Å². The summed E-state index contributed by atoms with van der Waals surface area (Å²) in [5, 5.41) is 9.80. The molecule has 130 valence electrons. The first-order valence-corrected chi connectivity index (χ1v) is 7.45. The number of hydrogen-bond donors (Lipinski definition) is 2. The molecule has 0 saturated heterocycles. The number of rotatable bonds is 5. The monoisotopic (exact) mass is 368 g/mol. The van der Waals surface area contributed by atoms with Crippen LogP contribution in [0.1, 0.15) is 5.56 Å². The SMILES string of the molecule is Cn1cc(Nc2ncc(Cl)c(NCc3c(F)cc(F)cc3F)n2)cn1. The van der Waals surface area contributed by atoms with Crippen molar-refractivity contribution in [1.29, 1.82) is 0 Å². The first-order chi connectivity index (χ1) is 11.9. The smallest absolute Gasteiger partial charge is 0.229 e. The molecule has 0 unspecified atom stereocenters. The van der Waals surface area contributed by atoms with E-state index in [-0.39, 0.29) is 28.9 Å². The Kier molecular flexibility index (Phi) is 4.75. The van der Waals surface area contributed by atoms with Gasteiger partial charge in [-0.1, -0.05) is 11.6 Å². The van der Waals surface area contributed by atoms with Crippen LogP contribution < -0.4 is 10.6 Å². The average molecular weight is 369 g/mol. The van der Waals surface area contributed by atoms with Crippen molar-refractivity contribution in [3.8, 4) is 0 Å². The van der Waals surface area contributed by atoms with E-state index in [1.54, 1.807) is 24.1 Å². The van der Waals surface area contributed by atoms with E-state index in [0.29, 0.717) is 17.8 Å². The van der Waals surface area contributed by atoms with Gasteiger partial charge >= 0.3 is 0 Å². The van der Waals surface area contributed by atoms with Crippen LogP contribution in [0.3, 0.4) is 0 Å². The van der Waals surface area contributed by atoms with Gasteiger partial charge in [-0.2, -0.15) is 10.1 Å². The quantitative estimate of drug-likeness (QED) is 0.719. The van der Waals surface area contributed by atoms with E-state index >= 15 is 0 Å². The maximum atomic E-state index is 13.7. The molecular weight excluding hydrogens is 357 g/mol. The zero-order valence-electron chi connectivity index (χ0n) is 12.9. The van der Waals surface area contributed by atoms with Crippen LogP contribution >= 0.6 is 11.6 Å². The third kappa shape index (κ3) is 4.00. The number of benzene rings is 1. The van der Waals surface area contributed by atoms with Crippen LogP contribution in [0.4, 0.5) is 30.6 Å². The summed E-state index contributed by atoms with van der Waals surface area (Å²) in [6.07, 6.45) is 4.63. The number of nitrogens with zero attached hydrogens (tertiary/aromatic N) is 4. The molecule has 0 aliphatic carbocycles. The average Bonchev–Trinajstić information content (AvgIpc) is 2.94. The molecule has 0 saturated carbocycles. The number of anilines is 3. The molecule has 25 heavy (non-hydrogen) atoms. The zero-order chi connectivity index (χ0) is 18.0. The Morgan fingerprint density at radius 2 is 1.88 bits per heavy atom. The summed E-state index contributed by atoms with van der Waals surface area (Å²) >= 11 is 6.00. The molecule has 3 aromatic rings. The second-order valence-electron chi connectivity index (χ2n) is 5.12. The summed E-state index contributed by atoms with van der Waals surface area (Å²) in [7, 11) is 1.76. The van der Waals surface area contributed by atoms with Crippen LogP contribution in [0.25, 0.3) is 0 Å². The van der Waals surface area contributed by atoms with Gasteiger partial charge in [0.25, 0.3) is 0 Å². The lowest BCUT2D eigenvalue weighted by atomic mass is 10.2. The number of halogens is 4.